The fourth-order valence-electron chi connectivity index (χ4n) is 7.19. The van der Waals surface area contributed by atoms with Crippen molar-refractivity contribution < 1.29 is 24.5 Å². The third-order valence-corrected chi connectivity index (χ3v) is 11.6. The van der Waals surface area contributed by atoms with Gasteiger partial charge in [-0.3, -0.25) is 4.98 Å². The van der Waals surface area contributed by atoms with E-state index in [1.807, 2.05) is 48.5 Å². The van der Waals surface area contributed by atoms with E-state index in [1.165, 1.54) is 16.3 Å². The Morgan fingerprint density at radius 1 is 0.741 bits per heavy atom. The summed E-state index contributed by atoms with van der Waals surface area (Å²) in [4.78, 5) is 9.78. The van der Waals surface area contributed by atoms with Gasteiger partial charge in [-0.1, -0.05) is 132 Å². The molecule has 3 aromatic heterocycles. The van der Waals surface area contributed by atoms with Gasteiger partial charge in [0, 0.05) is 37.4 Å². The number of hydrogen-bond acceptors (Lipinski definition) is 3. The van der Waals surface area contributed by atoms with Crippen molar-refractivity contribution in [2.45, 2.75) is 73.0 Å². The average Bonchev–Trinajstić information content (AvgIpc) is 3.70. The first-order chi connectivity index (χ1) is 25.2. The number of para-hydroxylation sites is 4. The molecular formula is C48H49IrN3OSi-2. The van der Waals surface area contributed by atoms with Crippen LogP contribution in [0.3, 0.4) is 0 Å². The van der Waals surface area contributed by atoms with Crippen molar-refractivity contribution in [1.82, 2.24) is 14.5 Å². The molecule has 0 amide bonds. The van der Waals surface area contributed by atoms with Gasteiger partial charge in [-0.15, -0.1) is 54.1 Å². The first-order valence-corrected chi connectivity index (χ1v) is 22.1. The molecule has 5 aromatic carbocycles. The van der Waals surface area contributed by atoms with Crippen molar-refractivity contribution in [2.75, 3.05) is 0 Å². The van der Waals surface area contributed by atoms with E-state index in [2.05, 4.69) is 151 Å². The predicted octanol–water partition coefficient (Wildman–Crippen LogP) is 12.4. The number of benzene rings is 5. The largest absolute Gasteiger partial charge is 0.501 e. The van der Waals surface area contributed by atoms with Gasteiger partial charge in [0.2, 0.25) is 0 Å². The Bertz CT molecular complexity index is 2550. The molecule has 8 rings (SSSR count). The number of fused-ring (bicyclic) bond motifs is 4. The van der Waals surface area contributed by atoms with Crippen LogP contribution >= 0.6 is 0 Å². The fraction of sp³-hybridized carbons (Fsp3) is 0.250. The number of rotatable bonds is 5. The van der Waals surface area contributed by atoms with Crippen LogP contribution in [0.2, 0.25) is 19.6 Å². The van der Waals surface area contributed by atoms with Crippen LogP contribution < -0.4 is 5.19 Å². The number of hydrogen-bond donors (Lipinski definition) is 0. The third-order valence-electron chi connectivity index (χ3n) is 9.58. The Balaban J connectivity index is 0.000000198. The van der Waals surface area contributed by atoms with Gasteiger partial charge in [-0.25, -0.2) is 0 Å². The van der Waals surface area contributed by atoms with E-state index in [-0.39, 0.29) is 30.9 Å². The first kappa shape index (κ1) is 39.1. The Morgan fingerprint density at radius 2 is 1.44 bits per heavy atom. The second-order valence-corrected chi connectivity index (χ2v) is 22.2. The quantitative estimate of drug-likeness (QED) is 0.128. The summed E-state index contributed by atoms with van der Waals surface area (Å²) in [7, 11) is -1.37. The zero-order valence-corrected chi connectivity index (χ0v) is 36.2. The van der Waals surface area contributed by atoms with Gasteiger partial charge >= 0.3 is 0 Å². The number of imidazole rings is 1. The maximum absolute atomic E-state index is 6.34. The average molecular weight is 904 g/mol. The van der Waals surface area contributed by atoms with E-state index in [9.17, 15) is 0 Å². The molecule has 0 aliphatic rings. The van der Waals surface area contributed by atoms with Crippen LogP contribution in [0.1, 0.15) is 52.7 Å². The van der Waals surface area contributed by atoms with E-state index < -0.39 is 8.07 Å². The Kier molecular flexibility index (Phi) is 11.0. The predicted molar refractivity (Wildman–Crippen MR) is 226 cm³/mol. The second kappa shape index (κ2) is 15.3. The Morgan fingerprint density at radius 3 is 2.17 bits per heavy atom. The molecule has 0 fully saturated rings. The maximum Gasteiger partial charge on any atom is 0.120 e. The monoisotopic (exact) mass is 904 g/mol. The molecule has 0 atom stereocenters. The van der Waals surface area contributed by atoms with Gasteiger partial charge in [-0.2, -0.15) is 0 Å². The normalized spacial score (nSPS) is 12.1. The maximum atomic E-state index is 6.34. The Hall–Kier alpha value is -4.61. The molecule has 6 heteroatoms. The zero-order chi connectivity index (χ0) is 37.5. The van der Waals surface area contributed by atoms with Gasteiger partial charge in [0.25, 0.3) is 0 Å². The molecule has 8 aromatic rings. The standard InChI is InChI=1S/C29H23N2O.C19H26NSi.Ir/c1-29(2,3)22-14-5-7-16-24(22)31-25-17-8-6-15-23(25)30-28(31)21-13-10-12-20-19-11-4-9-18-26(19)32-27(20)21;1-19(2,3)13-16-12-17(15-10-8-7-9-11-15)20-14-18(16)21(4,5)6;/h4-12,14-18H,1-3H3;7-10,12,14H,13H2,1-6H3;/q2*-1;. The summed E-state index contributed by atoms with van der Waals surface area (Å²) >= 11 is 0. The van der Waals surface area contributed by atoms with Crippen molar-refractivity contribution >= 4 is 46.2 Å². The van der Waals surface area contributed by atoms with Gasteiger partial charge in [0.05, 0.1) is 30.5 Å². The molecule has 277 valence electrons. The SMILES string of the molecule is CC(C)(C)Cc1cc(-c2[c-]cccc2)ncc1[Si](C)(C)C.CC(C)(C)c1ccccc1-n1c(-c2[c-]ccc3c2oc2ccccc23)nc2ccccc21.[Ir]. The third kappa shape index (κ3) is 8.07. The summed E-state index contributed by atoms with van der Waals surface area (Å²) in [6.45, 7) is 20.8. The minimum atomic E-state index is -1.37. The summed E-state index contributed by atoms with van der Waals surface area (Å²) in [6, 6.07) is 46.2. The topological polar surface area (TPSA) is 43.9 Å². The molecule has 0 unspecified atom stereocenters. The van der Waals surface area contributed by atoms with Gasteiger partial charge in [-0.05, 0) is 58.0 Å². The molecule has 0 aliphatic carbocycles. The van der Waals surface area contributed by atoms with Crippen molar-refractivity contribution in [2.24, 2.45) is 5.41 Å². The second-order valence-electron chi connectivity index (χ2n) is 17.2. The van der Waals surface area contributed by atoms with Crippen LogP contribution in [-0.4, -0.2) is 22.6 Å². The smallest absolute Gasteiger partial charge is 0.120 e. The molecule has 0 N–H and O–H groups in total. The van der Waals surface area contributed by atoms with Crippen molar-refractivity contribution in [3.8, 4) is 28.3 Å². The van der Waals surface area contributed by atoms with E-state index in [0.29, 0.717) is 0 Å². The van der Waals surface area contributed by atoms with Crippen LogP contribution in [0.25, 0.3) is 61.3 Å². The van der Waals surface area contributed by atoms with E-state index in [0.717, 1.165) is 67.7 Å². The molecule has 0 saturated carbocycles. The summed E-state index contributed by atoms with van der Waals surface area (Å²) in [6.07, 6.45) is 3.21. The van der Waals surface area contributed by atoms with Crippen LogP contribution in [0, 0.1) is 17.5 Å². The molecule has 4 nitrogen and oxygen atoms in total. The van der Waals surface area contributed by atoms with Crippen molar-refractivity contribution in [3.63, 3.8) is 0 Å². The van der Waals surface area contributed by atoms with Crippen LogP contribution in [0.15, 0.2) is 126 Å². The minimum Gasteiger partial charge on any atom is -0.501 e. The molecule has 54 heavy (non-hydrogen) atoms. The zero-order valence-electron chi connectivity index (χ0n) is 32.8. The molecule has 0 bridgehead atoms. The minimum absolute atomic E-state index is 0. The number of aromatic nitrogens is 3. The summed E-state index contributed by atoms with van der Waals surface area (Å²) < 4.78 is 8.60. The van der Waals surface area contributed by atoms with E-state index in [1.54, 1.807) is 0 Å². The van der Waals surface area contributed by atoms with Crippen LogP contribution in [0.5, 0.6) is 0 Å². The van der Waals surface area contributed by atoms with Gasteiger partial charge in [0.1, 0.15) is 5.58 Å². The van der Waals surface area contributed by atoms with E-state index >= 15 is 0 Å². The fourth-order valence-corrected chi connectivity index (χ4v) is 8.76. The van der Waals surface area contributed by atoms with Crippen LogP contribution in [-0.2, 0) is 31.9 Å². The van der Waals surface area contributed by atoms with Gasteiger partial charge in [0.15, 0.2) is 0 Å². The molecule has 0 spiro atoms. The first-order valence-electron chi connectivity index (χ1n) is 18.6. The molecule has 0 aliphatic heterocycles. The summed E-state index contributed by atoms with van der Waals surface area (Å²) in [5.41, 5.74) is 10.8. The molecular weight excluding hydrogens is 855 g/mol. The Labute approximate surface area is 335 Å². The van der Waals surface area contributed by atoms with Crippen molar-refractivity contribution in [1.29, 1.82) is 0 Å². The summed E-state index contributed by atoms with van der Waals surface area (Å²) in [5, 5.41) is 3.67. The van der Waals surface area contributed by atoms with Crippen molar-refractivity contribution in [3.05, 3.63) is 145 Å². The summed E-state index contributed by atoms with van der Waals surface area (Å²) in [5.74, 6) is 0.840. The number of furan rings is 1. The van der Waals surface area contributed by atoms with Gasteiger partial charge < -0.3 is 14.0 Å². The van der Waals surface area contributed by atoms with Crippen LogP contribution in [0.4, 0.5) is 0 Å². The number of pyridine rings is 1. The van der Waals surface area contributed by atoms with E-state index in [4.69, 9.17) is 14.4 Å². The molecule has 0 saturated heterocycles. The molecule has 3 heterocycles. The number of nitrogens with zero attached hydrogens (tertiary/aromatic N) is 3. The molecule has 1 radical (unpaired) electrons.